The molecule has 2 aromatic rings. The molecule has 0 saturated carbocycles. The molecule has 21 heavy (non-hydrogen) atoms. The minimum absolute atomic E-state index is 0.0111. The van der Waals surface area contributed by atoms with E-state index < -0.39 is 11.5 Å². The fourth-order valence-electron chi connectivity index (χ4n) is 1.94. The Balaban J connectivity index is 2.61. The van der Waals surface area contributed by atoms with Crippen LogP contribution in [0.2, 0.25) is 0 Å². The molecule has 1 aromatic carbocycles. The van der Waals surface area contributed by atoms with Gasteiger partial charge in [0.25, 0.3) is 5.56 Å². The smallest absolute Gasteiger partial charge is 0.328 e. The highest BCUT2D eigenvalue weighted by Gasteiger charge is 2.09. The Morgan fingerprint density at radius 2 is 2.00 bits per heavy atom. The molecule has 0 aliphatic rings. The van der Waals surface area contributed by atoms with Gasteiger partial charge in [0, 0.05) is 12.1 Å². The lowest BCUT2D eigenvalue weighted by Crippen LogP contribution is -2.21. The van der Waals surface area contributed by atoms with Crippen molar-refractivity contribution in [1.82, 2.24) is 9.78 Å². The Kier molecular flexibility index (Phi) is 3.89. The van der Waals surface area contributed by atoms with Gasteiger partial charge in [-0.25, -0.2) is 4.79 Å². The molecule has 6 nitrogen and oxygen atoms in total. The molecule has 0 radical (unpaired) electrons. The number of hydrogen-bond donors (Lipinski definition) is 2. The van der Waals surface area contributed by atoms with Crippen molar-refractivity contribution in [3.63, 3.8) is 0 Å². The summed E-state index contributed by atoms with van der Waals surface area (Å²) in [4.78, 5) is 22.5. The number of carbonyl (C=O) groups is 1. The van der Waals surface area contributed by atoms with Crippen LogP contribution in [0.3, 0.4) is 0 Å². The first kappa shape index (κ1) is 14.5. The molecule has 0 atom stereocenters. The van der Waals surface area contributed by atoms with E-state index in [9.17, 15) is 14.7 Å². The second-order valence-corrected chi connectivity index (χ2v) is 4.63. The second-order valence-electron chi connectivity index (χ2n) is 4.63. The van der Waals surface area contributed by atoms with Crippen LogP contribution in [0.15, 0.2) is 35.1 Å². The summed E-state index contributed by atoms with van der Waals surface area (Å²) >= 11 is 0. The fourth-order valence-corrected chi connectivity index (χ4v) is 1.94. The number of benzene rings is 1. The largest absolute Gasteiger partial charge is 0.505 e. The van der Waals surface area contributed by atoms with Crippen LogP contribution < -0.4 is 5.56 Å². The predicted octanol–water partition coefficient (Wildman–Crippen LogP) is 1.65. The average Bonchev–Trinajstić information content (AvgIpc) is 2.38. The predicted molar refractivity (Wildman–Crippen MR) is 77.6 cm³/mol. The molecule has 1 heterocycles. The van der Waals surface area contributed by atoms with Crippen LogP contribution in [0.5, 0.6) is 5.75 Å². The van der Waals surface area contributed by atoms with Crippen molar-refractivity contribution < 1.29 is 15.0 Å². The third kappa shape index (κ3) is 3.17. The van der Waals surface area contributed by atoms with Crippen molar-refractivity contribution in [3.8, 4) is 11.4 Å². The molecule has 0 fully saturated rings. The van der Waals surface area contributed by atoms with E-state index in [0.29, 0.717) is 5.69 Å². The topological polar surface area (TPSA) is 92.4 Å². The van der Waals surface area contributed by atoms with Gasteiger partial charge in [-0.3, -0.25) is 4.79 Å². The molecule has 108 valence electrons. The van der Waals surface area contributed by atoms with Gasteiger partial charge in [0.1, 0.15) is 11.4 Å². The Labute approximate surface area is 120 Å². The van der Waals surface area contributed by atoms with Crippen molar-refractivity contribution >= 4 is 12.0 Å². The van der Waals surface area contributed by atoms with Crippen molar-refractivity contribution in [1.29, 1.82) is 0 Å². The van der Waals surface area contributed by atoms with Crippen molar-refractivity contribution in [2.24, 2.45) is 0 Å². The van der Waals surface area contributed by atoms with Gasteiger partial charge in [0.2, 0.25) is 0 Å². The van der Waals surface area contributed by atoms with E-state index >= 15 is 0 Å². The van der Waals surface area contributed by atoms with Crippen LogP contribution in [0.25, 0.3) is 11.8 Å². The van der Waals surface area contributed by atoms with Gasteiger partial charge in [-0.15, -0.1) is 0 Å². The van der Waals surface area contributed by atoms with Crippen molar-refractivity contribution in [3.05, 3.63) is 57.5 Å². The SMILES string of the molecule is Cc1ccc(-n2nc(/C=C/C(=O)O)c(O)cc2=O)c(C)c1. The van der Waals surface area contributed by atoms with Crippen LogP contribution in [0, 0.1) is 13.8 Å². The van der Waals surface area contributed by atoms with Gasteiger partial charge in [0.15, 0.2) is 0 Å². The summed E-state index contributed by atoms with van der Waals surface area (Å²) in [5.41, 5.74) is 2.00. The summed E-state index contributed by atoms with van der Waals surface area (Å²) in [6.07, 6.45) is 1.98. The third-order valence-corrected chi connectivity index (χ3v) is 2.90. The first-order chi connectivity index (χ1) is 9.88. The molecule has 0 spiro atoms. The summed E-state index contributed by atoms with van der Waals surface area (Å²) in [6.45, 7) is 3.78. The molecule has 0 bridgehead atoms. The zero-order chi connectivity index (χ0) is 15.6. The van der Waals surface area contributed by atoms with Gasteiger partial charge < -0.3 is 10.2 Å². The molecule has 0 unspecified atom stereocenters. The molecular weight excluding hydrogens is 272 g/mol. The maximum atomic E-state index is 12.0. The first-order valence-electron chi connectivity index (χ1n) is 6.20. The highest BCUT2D eigenvalue weighted by atomic mass is 16.4. The number of rotatable bonds is 3. The molecule has 6 heteroatoms. The number of carboxylic acids is 1. The standard InChI is InChI=1S/C15H14N2O4/c1-9-3-5-12(10(2)7-9)17-14(19)8-13(18)11(16-17)4-6-15(20)21/h3-8,18H,1-2H3,(H,20,21)/b6-4+. The van der Waals surface area contributed by atoms with Crippen LogP contribution >= 0.6 is 0 Å². The monoisotopic (exact) mass is 286 g/mol. The molecule has 0 aliphatic carbocycles. The number of aliphatic carboxylic acids is 1. The Morgan fingerprint density at radius 1 is 1.29 bits per heavy atom. The molecule has 0 amide bonds. The first-order valence-corrected chi connectivity index (χ1v) is 6.20. The molecule has 2 N–H and O–H groups in total. The summed E-state index contributed by atoms with van der Waals surface area (Å²) in [5, 5.41) is 22.3. The zero-order valence-electron chi connectivity index (χ0n) is 11.6. The van der Waals surface area contributed by atoms with Gasteiger partial charge in [-0.1, -0.05) is 17.7 Å². The molecule has 2 rings (SSSR count). The molecule has 1 aromatic heterocycles. The van der Waals surface area contributed by atoms with E-state index in [1.165, 1.54) is 0 Å². The highest BCUT2D eigenvalue weighted by Crippen LogP contribution is 2.17. The number of aromatic nitrogens is 2. The van der Waals surface area contributed by atoms with Crippen LogP contribution in [-0.4, -0.2) is 26.0 Å². The number of aromatic hydroxyl groups is 1. The number of hydrogen-bond acceptors (Lipinski definition) is 4. The maximum absolute atomic E-state index is 12.0. The minimum atomic E-state index is -1.17. The normalized spacial score (nSPS) is 11.0. The molecule has 0 aliphatic heterocycles. The minimum Gasteiger partial charge on any atom is -0.505 e. The summed E-state index contributed by atoms with van der Waals surface area (Å²) < 4.78 is 1.13. The number of aryl methyl sites for hydroxylation is 2. The lowest BCUT2D eigenvalue weighted by Gasteiger charge is -2.10. The highest BCUT2D eigenvalue weighted by molar-refractivity contribution is 5.85. The van der Waals surface area contributed by atoms with Crippen LogP contribution in [-0.2, 0) is 4.79 Å². The maximum Gasteiger partial charge on any atom is 0.328 e. The summed E-state index contributed by atoms with van der Waals surface area (Å²) in [7, 11) is 0. The third-order valence-electron chi connectivity index (χ3n) is 2.90. The van der Waals surface area contributed by atoms with Crippen molar-refractivity contribution in [2.75, 3.05) is 0 Å². The fraction of sp³-hybridized carbons (Fsp3) is 0.133. The van der Waals surface area contributed by atoms with E-state index in [1.54, 1.807) is 6.07 Å². The molecule has 0 saturated heterocycles. The van der Waals surface area contributed by atoms with E-state index in [0.717, 1.165) is 34.0 Å². The number of nitrogens with zero attached hydrogens (tertiary/aromatic N) is 2. The Morgan fingerprint density at radius 3 is 2.62 bits per heavy atom. The van der Waals surface area contributed by atoms with Crippen molar-refractivity contribution in [2.45, 2.75) is 13.8 Å². The van der Waals surface area contributed by atoms with Gasteiger partial charge in [-0.05, 0) is 31.6 Å². The summed E-state index contributed by atoms with van der Waals surface area (Å²) in [6, 6.07) is 6.51. The Hall–Kier alpha value is -2.89. The summed E-state index contributed by atoms with van der Waals surface area (Å²) in [5.74, 6) is -1.53. The van der Waals surface area contributed by atoms with Gasteiger partial charge in [0.05, 0.1) is 5.69 Å². The quantitative estimate of drug-likeness (QED) is 0.837. The van der Waals surface area contributed by atoms with Gasteiger partial charge in [-0.2, -0.15) is 9.78 Å². The lowest BCUT2D eigenvalue weighted by molar-refractivity contribution is -0.131. The van der Waals surface area contributed by atoms with E-state index in [-0.39, 0.29) is 11.4 Å². The van der Waals surface area contributed by atoms with E-state index in [4.69, 9.17) is 5.11 Å². The van der Waals surface area contributed by atoms with Gasteiger partial charge >= 0.3 is 5.97 Å². The Bertz CT molecular complexity index is 791. The zero-order valence-corrected chi connectivity index (χ0v) is 11.6. The second kappa shape index (κ2) is 5.62. The van der Waals surface area contributed by atoms with Crippen LogP contribution in [0.4, 0.5) is 0 Å². The van der Waals surface area contributed by atoms with E-state index in [1.807, 2.05) is 26.0 Å². The van der Waals surface area contributed by atoms with Crippen LogP contribution in [0.1, 0.15) is 16.8 Å². The molecular formula is C15H14N2O4. The average molecular weight is 286 g/mol. The lowest BCUT2D eigenvalue weighted by atomic mass is 10.1. The number of carboxylic acid groups (broad SMARTS) is 1. The van der Waals surface area contributed by atoms with E-state index in [2.05, 4.69) is 5.10 Å².